The monoisotopic (exact) mass is 285 g/mol. The lowest BCUT2D eigenvalue weighted by atomic mass is 10.1. The summed E-state index contributed by atoms with van der Waals surface area (Å²) < 4.78 is 56.6. The summed E-state index contributed by atoms with van der Waals surface area (Å²) in [6, 6.07) is 0.330. The van der Waals surface area contributed by atoms with Gasteiger partial charge in [0.25, 0.3) is 0 Å². The number of nitrogens with zero attached hydrogens (tertiary/aromatic N) is 1. The summed E-state index contributed by atoms with van der Waals surface area (Å²) in [5.74, 6) is 0.154. The molecule has 0 bridgehead atoms. The first-order chi connectivity index (χ1) is 8.47. The van der Waals surface area contributed by atoms with Gasteiger partial charge in [-0.15, -0.1) is 0 Å². The summed E-state index contributed by atoms with van der Waals surface area (Å²) in [4.78, 5) is 2.14. The molecule has 2 heterocycles. The van der Waals surface area contributed by atoms with Gasteiger partial charge in [0, 0.05) is 32.2 Å². The Kier molecular flexibility index (Phi) is 4.29. The Labute approximate surface area is 105 Å². The lowest BCUT2D eigenvalue weighted by Gasteiger charge is -2.30. The molecule has 2 atom stereocenters. The SMILES string of the molecule is O=S(OC1=CCN(C2CCOC2)CC1)C(F)(F)F. The highest BCUT2D eigenvalue weighted by Gasteiger charge is 2.40. The van der Waals surface area contributed by atoms with Crippen molar-refractivity contribution in [3.63, 3.8) is 0 Å². The van der Waals surface area contributed by atoms with Crippen LogP contribution in [0.25, 0.3) is 0 Å². The van der Waals surface area contributed by atoms with Crippen LogP contribution >= 0.6 is 0 Å². The van der Waals surface area contributed by atoms with Crippen molar-refractivity contribution in [1.29, 1.82) is 0 Å². The molecular formula is C10H14F3NO3S. The second-order valence-corrected chi connectivity index (χ2v) is 5.30. The third kappa shape index (κ3) is 3.46. The van der Waals surface area contributed by atoms with Gasteiger partial charge in [-0.2, -0.15) is 13.2 Å². The summed E-state index contributed by atoms with van der Waals surface area (Å²) in [6.45, 7) is 2.51. The quantitative estimate of drug-likeness (QED) is 0.789. The summed E-state index contributed by atoms with van der Waals surface area (Å²) in [5, 5.41) is 0. The molecule has 0 N–H and O–H groups in total. The fraction of sp³-hybridized carbons (Fsp3) is 0.800. The van der Waals surface area contributed by atoms with Gasteiger partial charge in [0.2, 0.25) is 0 Å². The lowest BCUT2D eigenvalue weighted by Crippen LogP contribution is -2.39. The van der Waals surface area contributed by atoms with E-state index in [-0.39, 0.29) is 5.76 Å². The van der Waals surface area contributed by atoms with Gasteiger partial charge in [-0.3, -0.25) is 4.90 Å². The zero-order chi connectivity index (χ0) is 13.2. The van der Waals surface area contributed by atoms with E-state index in [2.05, 4.69) is 9.08 Å². The summed E-state index contributed by atoms with van der Waals surface area (Å²) >= 11 is -3.26. The molecule has 0 amide bonds. The predicted molar refractivity (Wildman–Crippen MR) is 58.8 cm³/mol. The molecule has 2 aliphatic heterocycles. The van der Waals surface area contributed by atoms with Crippen molar-refractivity contribution in [3.05, 3.63) is 11.8 Å². The average Bonchev–Trinajstić information content (AvgIpc) is 2.82. The minimum atomic E-state index is -4.82. The van der Waals surface area contributed by atoms with Gasteiger partial charge in [-0.05, 0) is 12.5 Å². The first-order valence-corrected chi connectivity index (χ1v) is 6.72. The van der Waals surface area contributed by atoms with Gasteiger partial charge < -0.3 is 8.92 Å². The van der Waals surface area contributed by atoms with Gasteiger partial charge in [0.15, 0.2) is 0 Å². The van der Waals surface area contributed by atoms with Crippen LogP contribution in [0.15, 0.2) is 11.8 Å². The maximum atomic E-state index is 12.0. The Morgan fingerprint density at radius 3 is 2.78 bits per heavy atom. The van der Waals surface area contributed by atoms with Crippen LogP contribution in [0.5, 0.6) is 0 Å². The molecule has 2 unspecified atom stereocenters. The van der Waals surface area contributed by atoms with E-state index in [0.717, 1.165) is 13.0 Å². The summed E-state index contributed by atoms with van der Waals surface area (Å²) in [5.41, 5.74) is -4.82. The fourth-order valence-corrected chi connectivity index (χ4v) is 2.47. The second-order valence-electron chi connectivity index (χ2n) is 4.20. The maximum Gasteiger partial charge on any atom is 0.508 e. The Morgan fingerprint density at radius 2 is 2.28 bits per heavy atom. The Hall–Kier alpha value is -0.600. The van der Waals surface area contributed by atoms with Gasteiger partial charge in [0.1, 0.15) is 5.76 Å². The van der Waals surface area contributed by atoms with Crippen LogP contribution in [0.2, 0.25) is 0 Å². The van der Waals surface area contributed by atoms with Crippen molar-refractivity contribution in [3.8, 4) is 0 Å². The molecule has 4 nitrogen and oxygen atoms in total. The smallest absolute Gasteiger partial charge is 0.399 e. The van der Waals surface area contributed by atoms with Crippen molar-refractivity contribution in [2.75, 3.05) is 26.3 Å². The molecule has 0 radical (unpaired) electrons. The van der Waals surface area contributed by atoms with Crippen LogP contribution in [0.1, 0.15) is 12.8 Å². The zero-order valence-corrected chi connectivity index (χ0v) is 10.4. The Balaban J connectivity index is 1.85. The van der Waals surface area contributed by atoms with Crippen molar-refractivity contribution < 1.29 is 26.3 Å². The number of halogens is 3. The molecule has 2 rings (SSSR count). The molecule has 1 saturated heterocycles. The third-order valence-electron chi connectivity index (χ3n) is 2.99. The number of hydrogen-bond donors (Lipinski definition) is 0. The molecular weight excluding hydrogens is 271 g/mol. The van der Waals surface area contributed by atoms with E-state index in [1.807, 2.05) is 0 Å². The molecule has 1 fully saturated rings. The van der Waals surface area contributed by atoms with Crippen LogP contribution in [-0.4, -0.2) is 47.0 Å². The van der Waals surface area contributed by atoms with E-state index >= 15 is 0 Å². The number of ether oxygens (including phenoxy) is 1. The molecule has 0 aromatic heterocycles. The number of alkyl halides is 3. The topological polar surface area (TPSA) is 38.8 Å². The normalized spacial score (nSPS) is 27.9. The van der Waals surface area contributed by atoms with E-state index in [0.29, 0.717) is 32.2 Å². The minimum Gasteiger partial charge on any atom is -0.399 e. The van der Waals surface area contributed by atoms with Crippen molar-refractivity contribution in [1.82, 2.24) is 4.90 Å². The average molecular weight is 285 g/mol. The largest absolute Gasteiger partial charge is 0.508 e. The molecule has 2 aliphatic rings. The van der Waals surface area contributed by atoms with E-state index in [4.69, 9.17) is 4.74 Å². The number of rotatable bonds is 3. The lowest BCUT2D eigenvalue weighted by molar-refractivity contribution is -0.0458. The minimum absolute atomic E-state index is 0.154. The van der Waals surface area contributed by atoms with Gasteiger partial charge >= 0.3 is 16.6 Å². The molecule has 0 aromatic rings. The summed E-state index contributed by atoms with van der Waals surface area (Å²) in [6.07, 6.45) is 2.85. The van der Waals surface area contributed by atoms with Crippen molar-refractivity contribution in [2.24, 2.45) is 0 Å². The second kappa shape index (κ2) is 5.58. The van der Waals surface area contributed by atoms with Crippen LogP contribution in [0.4, 0.5) is 13.2 Å². The molecule has 0 spiro atoms. The maximum absolute atomic E-state index is 12.0. The molecule has 18 heavy (non-hydrogen) atoms. The van der Waals surface area contributed by atoms with Crippen molar-refractivity contribution in [2.45, 2.75) is 24.4 Å². The fourth-order valence-electron chi connectivity index (χ4n) is 2.03. The first kappa shape index (κ1) is 13.8. The van der Waals surface area contributed by atoms with E-state index in [9.17, 15) is 17.4 Å². The first-order valence-electron chi connectivity index (χ1n) is 5.64. The van der Waals surface area contributed by atoms with E-state index in [1.165, 1.54) is 0 Å². The van der Waals surface area contributed by atoms with Crippen molar-refractivity contribution >= 4 is 11.1 Å². The summed E-state index contributed by atoms with van der Waals surface area (Å²) in [7, 11) is 0. The molecule has 0 aromatic carbocycles. The van der Waals surface area contributed by atoms with Gasteiger partial charge in [-0.25, -0.2) is 4.21 Å². The van der Waals surface area contributed by atoms with E-state index < -0.39 is 16.6 Å². The molecule has 104 valence electrons. The van der Waals surface area contributed by atoms with Crippen LogP contribution < -0.4 is 0 Å². The van der Waals surface area contributed by atoms with Crippen LogP contribution in [0.3, 0.4) is 0 Å². The van der Waals surface area contributed by atoms with Gasteiger partial charge in [0.05, 0.1) is 6.61 Å². The molecule has 8 heteroatoms. The molecule has 0 aliphatic carbocycles. The Bertz CT molecular complexity index is 353. The van der Waals surface area contributed by atoms with Crippen LogP contribution in [0, 0.1) is 0 Å². The highest BCUT2D eigenvalue weighted by molar-refractivity contribution is 7.81. The number of hydrogen-bond acceptors (Lipinski definition) is 4. The van der Waals surface area contributed by atoms with Crippen LogP contribution in [-0.2, 0) is 20.0 Å². The molecule has 0 saturated carbocycles. The standard InChI is InChI=1S/C10H14F3NO3S/c11-10(12,13)18(15)17-9-1-4-14(5-2-9)8-3-6-16-7-8/h1,8H,2-7H2. The zero-order valence-electron chi connectivity index (χ0n) is 9.61. The third-order valence-corrected chi connectivity index (χ3v) is 3.74. The highest BCUT2D eigenvalue weighted by Crippen LogP contribution is 2.25. The van der Waals surface area contributed by atoms with E-state index in [1.54, 1.807) is 6.08 Å². The predicted octanol–water partition coefficient (Wildman–Crippen LogP) is 1.56. The highest BCUT2D eigenvalue weighted by atomic mass is 32.2. The Morgan fingerprint density at radius 1 is 1.50 bits per heavy atom. The van der Waals surface area contributed by atoms with Gasteiger partial charge in [-0.1, -0.05) is 0 Å².